The molecule has 1 aromatic rings. The number of likely N-dealkylation sites (tertiary alicyclic amines) is 1. The summed E-state index contributed by atoms with van der Waals surface area (Å²) in [7, 11) is 0. The summed E-state index contributed by atoms with van der Waals surface area (Å²) < 4.78 is 5.84. The minimum absolute atomic E-state index is 0.118. The molecular weight excluding hydrogens is 314 g/mol. The van der Waals surface area contributed by atoms with Crippen LogP contribution in [-0.2, 0) is 9.53 Å². The molecule has 3 heterocycles. The van der Waals surface area contributed by atoms with Gasteiger partial charge in [0.05, 0.1) is 18.2 Å². The van der Waals surface area contributed by atoms with Crippen LogP contribution in [0.4, 0.5) is 0 Å². The van der Waals surface area contributed by atoms with Crippen molar-refractivity contribution >= 4 is 23.2 Å². The first kappa shape index (κ1) is 16.4. The van der Waals surface area contributed by atoms with Gasteiger partial charge in [0.25, 0.3) is 5.91 Å². The predicted octanol–water partition coefficient (Wildman–Crippen LogP) is 1.39. The third-order valence-corrected chi connectivity index (χ3v) is 5.15. The molecule has 0 spiro atoms. The van der Waals surface area contributed by atoms with Crippen LogP contribution < -0.4 is 5.32 Å². The van der Waals surface area contributed by atoms with Gasteiger partial charge >= 0.3 is 0 Å². The monoisotopic (exact) mass is 337 g/mol. The molecule has 2 fully saturated rings. The molecule has 3 rings (SSSR count). The molecule has 2 amide bonds. The number of hydrogen-bond acceptors (Lipinski definition) is 5. The van der Waals surface area contributed by atoms with Gasteiger partial charge in [-0.15, -0.1) is 11.3 Å². The van der Waals surface area contributed by atoms with E-state index in [1.807, 2.05) is 4.90 Å². The summed E-state index contributed by atoms with van der Waals surface area (Å²) in [5.41, 5.74) is 2.12. The second kappa shape index (κ2) is 6.97. The molecule has 2 aliphatic heterocycles. The van der Waals surface area contributed by atoms with E-state index in [9.17, 15) is 9.59 Å². The van der Waals surface area contributed by atoms with Gasteiger partial charge in [0.2, 0.25) is 5.91 Å². The average Bonchev–Trinajstić information content (AvgIpc) is 3.21. The van der Waals surface area contributed by atoms with Crippen LogP contribution in [-0.4, -0.2) is 54.0 Å². The van der Waals surface area contributed by atoms with E-state index in [4.69, 9.17) is 4.74 Å². The summed E-state index contributed by atoms with van der Waals surface area (Å²) in [6.45, 7) is 6.77. The van der Waals surface area contributed by atoms with E-state index in [2.05, 4.69) is 24.1 Å². The number of thiazole rings is 1. The maximum absolute atomic E-state index is 12.2. The van der Waals surface area contributed by atoms with Crippen molar-refractivity contribution in [2.45, 2.75) is 26.4 Å². The summed E-state index contributed by atoms with van der Waals surface area (Å²) in [4.78, 5) is 30.1. The van der Waals surface area contributed by atoms with Gasteiger partial charge in [-0.25, -0.2) is 4.98 Å². The van der Waals surface area contributed by atoms with Crippen molar-refractivity contribution in [1.82, 2.24) is 15.2 Å². The van der Waals surface area contributed by atoms with Crippen molar-refractivity contribution in [1.29, 1.82) is 0 Å². The first-order valence-electron chi connectivity index (χ1n) is 8.10. The van der Waals surface area contributed by atoms with Gasteiger partial charge < -0.3 is 15.0 Å². The Balaban J connectivity index is 1.51. The van der Waals surface area contributed by atoms with Crippen molar-refractivity contribution in [2.24, 2.45) is 17.8 Å². The molecule has 126 valence electrons. The third-order valence-electron chi connectivity index (χ3n) is 4.56. The summed E-state index contributed by atoms with van der Waals surface area (Å²) in [5.74, 6) is 1.03. The van der Waals surface area contributed by atoms with Crippen LogP contribution in [0.5, 0.6) is 0 Å². The number of aromatic nitrogens is 1. The van der Waals surface area contributed by atoms with E-state index in [-0.39, 0.29) is 23.8 Å². The Morgan fingerprint density at radius 1 is 1.48 bits per heavy atom. The van der Waals surface area contributed by atoms with Crippen molar-refractivity contribution in [3.8, 4) is 0 Å². The van der Waals surface area contributed by atoms with E-state index < -0.39 is 0 Å². The van der Waals surface area contributed by atoms with Gasteiger partial charge in [-0.3, -0.25) is 9.59 Å². The van der Waals surface area contributed by atoms with Gasteiger partial charge in [-0.05, 0) is 5.92 Å². The van der Waals surface area contributed by atoms with E-state index in [1.54, 1.807) is 10.9 Å². The van der Waals surface area contributed by atoms with E-state index in [1.165, 1.54) is 11.3 Å². The highest BCUT2D eigenvalue weighted by Gasteiger charge is 2.45. The minimum atomic E-state index is -0.138. The molecule has 2 aliphatic rings. The first-order valence-corrected chi connectivity index (χ1v) is 9.04. The maximum atomic E-state index is 12.2. The zero-order chi connectivity index (χ0) is 16.4. The standard InChI is InChI=1S/C16H23N3O3S/c1-10(2)3-15(20)19-5-12-11(7-22-14(12)6-19)4-17-16(21)13-8-23-9-18-13/h8-12,14H,3-7H2,1-2H3,(H,17,21)/t11-,12+,14+/m0/s1. The number of fused-ring (bicyclic) bond motifs is 1. The lowest BCUT2D eigenvalue weighted by Gasteiger charge is -2.20. The molecule has 6 nitrogen and oxygen atoms in total. The second-order valence-corrected chi connectivity index (χ2v) is 7.49. The van der Waals surface area contributed by atoms with E-state index in [0.717, 1.165) is 6.54 Å². The third kappa shape index (κ3) is 3.72. The Morgan fingerprint density at radius 2 is 2.30 bits per heavy atom. The lowest BCUT2D eigenvalue weighted by molar-refractivity contribution is -0.131. The zero-order valence-electron chi connectivity index (χ0n) is 13.5. The fourth-order valence-electron chi connectivity index (χ4n) is 3.33. The summed E-state index contributed by atoms with van der Waals surface area (Å²) in [6.07, 6.45) is 0.706. The number of amides is 2. The molecular formula is C16H23N3O3S. The van der Waals surface area contributed by atoms with Crippen LogP contribution in [0.1, 0.15) is 30.8 Å². The lowest BCUT2D eigenvalue weighted by atomic mass is 9.93. The van der Waals surface area contributed by atoms with Crippen molar-refractivity contribution in [2.75, 3.05) is 26.2 Å². The van der Waals surface area contributed by atoms with Crippen LogP contribution in [0.25, 0.3) is 0 Å². The number of carbonyl (C=O) groups excluding carboxylic acids is 2. The van der Waals surface area contributed by atoms with Crippen LogP contribution in [0.3, 0.4) is 0 Å². The number of ether oxygens (including phenoxy) is 1. The van der Waals surface area contributed by atoms with Crippen LogP contribution >= 0.6 is 11.3 Å². The van der Waals surface area contributed by atoms with Gasteiger partial charge in [-0.2, -0.15) is 0 Å². The predicted molar refractivity (Wildman–Crippen MR) is 87.2 cm³/mol. The fourth-order valence-corrected chi connectivity index (χ4v) is 3.86. The zero-order valence-corrected chi connectivity index (χ0v) is 14.3. The highest BCUT2D eigenvalue weighted by molar-refractivity contribution is 7.07. The highest BCUT2D eigenvalue weighted by atomic mass is 32.1. The SMILES string of the molecule is CC(C)CC(=O)N1C[C@@H]2[C@@H](CNC(=O)c3cscn3)CO[C@@H]2C1. The second-order valence-electron chi connectivity index (χ2n) is 6.78. The molecule has 23 heavy (non-hydrogen) atoms. The van der Waals surface area contributed by atoms with E-state index in [0.29, 0.717) is 43.6 Å². The molecule has 0 aliphatic carbocycles. The number of rotatable bonds is 5. The topological polar surface area (TPSA) is 71.5 Å². The Morgan fingerprint density at radius 3 is 3.00 bits per heavy atom. The number of hydrogen-bond donors (Lipinski definition) is 1. The molecule has 1 aromatic heterocycles. The quantitative estimate of drug-likeness (QED) is 0.881. The van der Waals surface area contributed by atoms with Gasteiger partial charge in [0.15, 0.2) is 0 Å². The number of nitrogens with zero attached hydrogens (tertiary/aromatic N) is 2. The minimum Gasteiger partial charge on any atom is -0.376 e. The molecule has 0 aromatic carbocycles. The molecule has 0 saturated carbocycles. The molecule has 0 unspecified atom stereocenters. The van der Waals surface area contributed by atoms with Gasteiger partial charge in [-0.1, -0.05) is 13.8 Å². The Bertz CT molecular complexity index is 561. The summed E-state index contributed by atoms with van der Waals surface area (Å²) in [6, 6.07) is 0. The summed E-state index contributed by atoms with van der Waals surface area (Å²) >= 11 is 1.41. The highest BCUT2D eigenvalue weighted by Crippen LogP contribution is 2.33. The Hall–Kier alpha value is -1.47. The Labute approximate surface area is 140 Å². The first-order chi connectivity index (χ1) is 11.0. The van der Waals surface area contributed by atoms with Crippen molar-refractivity contribution < 1.29 is 14.3 Å². The average molecular weight is 337 g/mol. The maximum Gasteiger partial charge on any atom is 0.270 e. The van der Waals surface area contributed by atoms with Crippen LogP contribution in [0.15, 0.2) is 10.9 Å². The summed E-state index contributed by atoms with van der Waals surface area (Å²) in [5, 5.41) is 4.68. The fraction of sp³-hybridized carbons (Fsp3) is 0.688. The lowest BCUT2D eigenvalue weighted by Crippen LogP contribution is -2.35. The number of carbonyl (C=O) groups is 2. The van der Waals surface area contributed by atoms with Crippen LogP contribution in [0.2, 0.25) is 0 Å². The van der Waals surface area contributed by atoms with Crippen LogP contribution in [0, 0.1) is 17.8 Å². The van der Waals surface area contributed by atoms with Gasteiger partial charge in [0.1, 0.15) is 5.69 Å². The van der Waals surface area contributed by atoms with Crippen molar-refractivity contribution in [3.63, 3.8) is 0 Å². The normalized spacial score (nSPS) is 26.6. The molecule has 1 N–H and O–H groups in total. The molecule has 0 bridgehead atoms. The number of nitrogens with one attached hydrogen (secondary N) is 1. The molecule has 3 atom stereocenters. The molecule has 2 saturated heterocycles. The Kier molecular flexibility index (Phi) is 4.96. The van der Waals surface area contributed by atoms with E-state index >= 15 is 0 Å². The van der Waals surface area contributed by atoms with Gasteiger partial charge in [0, 0.05) is 43.3 Å². The molecule has 7 heteroatoms. The van der Waals surface area contributed by atoms with Crippen molar-refractivity contribution in [3.05, 3.63) is 16.6 Å². The molecule has 0 radical (unpaired) electrons. The smallest absolute Gasteiger partial charge is 0.270 e. The largest absolute Gasteiger partial charge is 0.376 e.